The van der Waals surface area contributed by atoms with Crippen LogP contribution in [0.4, 0.5) is 22.0 Å². The van der Waals surface area contributed by atoms with Crippen molar-refractivity contribution in [2.24, 2.45) is 0 Å². The van der Waals surface area contributed by atoms with Crippen molar-refractivity contribution in [1.29, 1.82) is 5.26 Å². The largest absolute Gasteiger partial charge is 0.382 e. The molecule has 0 aliphatic carbocycles. The topological polar surface area (TPSA) is 109 Å². The van der Waals surface area contributed by atoms with Gasteiger partial charge in [-0.05, 0) is 30.3 Å². The summed E-state index contributed by atoms with van der Waals surface area (Å²) in [5.74, 6) is 0.306. The number of nitrogens with zero attached hydrogens (tertiary/aromatic N) is 3. The molecule has 0 atom stereocenters. The van der Waals surface area contributed by atoms with E-state index < -0.39 is 6.03 Å². The third kappa shape index (κ3) is 3.84. The third-order valence-electron chi connectivity index (χ3n) is 4.46. The number of benzene rings is 3. The molecule has 0 saturated carbocycles. The van der Waals surface area contributed by atoms with Crippen LogP contribution < -0.4 is 16.4 Å². The number of para-hydroxylation sites is 1. The number of urea groups is 1. The van der Waals surface area contributed by atoms with Crippen LogP contribution in [0.3, 0.4) is 0 Å². The maximum absolute atomic E-state index is 12.7. The highest BCUT2D eigenvalue weighted by Gasteiger charge is 2.20. The SMILES string of the molecule is N#Cc1cccc(NC(=O)Nc2c(-c3ccccc3)nn(-c3ccccc3)c2N)c1. The lowest BCUT2D eigenvalue weighted by molar-refractivity contribution is 0.262. The van der Waals surface area contributed by atoms with Crippen LogP contribution in [-0.4, -0.2) is 15.8 Å². The van der Waals surface area contributed by atoms with Gasteiger partial charge in [-0.1, -0.05) is 54.6 Å². The Kier molecular flexibility index (Phi) is 5.14. The van der Waals surface area contributed by atoms with Crippen LogP contribution in [0.1, 0.15) is 5.56 Å². The van der Waals surface area contributed by atoms with E-state index in [-0.39, 0.29) is 0 Å². The van der Waals surface area contributed by atoms with E-state index in [0.29, 0.717) is 28.5 Å². The molecule has 1 heterocycles. The van der Waals surface area contributed by atoms with Gasteiger partial charge < -0.3 is 16.4 Å². The first-order valence-electron chi connectivity index (χ1n) is 9.23. The molecule has 30 heavy (non-hydrogen) atoms. The maximum atomic E-state index is 12.7. The first kappa shape index (κ1) is 18.8. The minimum atomic E-state index is -0.485. The molecule has 0 spiro atoms. The molecule has 0 radical (unpaired) electrons. The monoisotopic (exact) mass is 394 g/mol. The van der Waals surface area contributed by atoms with Gasteiger partial charge in [0.15, 0.2) is 5.82 Å². The molecule has 0 aliphatic rings. The van der Waals surface area contributed by atoms with Crippen molar-refractivity contribution in [1.82, 2.24) is 9.78 Å². The fourth-order valence-corrected chi connectivity index (χ4v) is 3.06. The Balaban J connectivity index is 1.70. The normalized spacial score (nSPS) is 10.2. The molecule has 3 aromatic carbocycles. The Morgan fingerprint density at radius 1 is 0.933 bits per heavy atom. The molecule has 2 amide bonds. The van der Waals surface area contributed by atoms with E-state index in [0.717, 1.165) is 11.3 Å². The van der Waals surface area contributed by atoms with Gasteiger partial charge in [0.05, 0.1) is 17.3 Å². The number of aromatic nitrogens is 2. The van der Waals surface area contributed by atoms with Crippen LogP contribution >= 0.6 is 0 Å². The van der Waals surface area contributed by atoms with Gasteiger partial charge in [-0.3, -0.25) is 0 Å². The summed E-state index contributed by atoms with van der Waals surface area (Å²) in [5.41, 5.74) is 9.89. The van der Waals surface area contributed by atoms with Crippen LogP contribution in [0.5, 0.6) is 0 Å². The van der Waals surface area contributed by atoms with Gasteiger partial charge >= 0.3 is 6.03 Å². The first-order chi connectivity index (χ1) is 14.7. The molecular formula is C23H18N6O. The highest BCUT2D eigenvalue weighted by atomic mass is 16.2. The standard InChI is InChI=1S/C23H18N6O/c24-15-16-8-7-11-18(14-16)26-23(30)27-21-20(17-9-3-1-4-10-17)28-29(22(21)25)19-12-5-2-6-13-19/h1-14H,25H2,(H2,26,27,30). The fourth-order valence-electron chi connectivity index (χ4n) is 3.06. The van der Waals surface area contributed by atoms with E-state index in [1.165, 1.54) is 0 Å². The molecule has 4 aromatic rings. The van der Waals surface area contributed by atoms with Gasteiger partial charge in [0.2, 0.25) is 0 Å². The predicted molar refractivity (Wildman–Crippen MR) is 117 cm³/mol. The highest BCUT2D eigenvalue weighted by Crippen LogP contribution is 2.34. The summed E-state index contributed by atoms with van der Waals surface area (Å²) in [6, 6.07) is 27.2. The summed E-state index contributed by atoms with van der Waals surface area (Å²) in [7, 11) is 0. The van der Waals surface area contributed by atoms with Crippen molar-refractivity contribution in [3.8, 4) is 23.0 Å². The molecule has 1 aromatic heterocycles. The van der Waals surface area contributed by atoms with E-state index in [4.69, 9.17) is 11.0 Å². The van der Waals surface area contributed by atoms with Gasteiger partial charge in [0.25, 0.3) is 0 Å². The number of rotatable bonds is 4. The van der Waals surface area contributed by atoms with E-state index in [1.54, 1.807) is 28.9 Å². The summed E-state index contributed by atoms with van der Waals surface area (Å²) >= 11 is 0. The van der Waals surface area contributed by atoms with Crippen LogP contribution in [0.15, 0.2) is 84.9 Å². The molecule has 146 valence electrons. The molecule has 0 bridgehead atoms. The molecule has 4 rings (SSSR count). The lowest BCUT2D eigenvalue weighted by Crippen LogP contribution is -2.20. The Hall–Kier alpha value is -4.57. The van der Waals surface area contributed by atoms with Gasteiger partial charge in [0, 0.05) is 11.3 Å². The molecule has 0 fully saturated rings. The molecule has 7 heteroatoms. The molecule has 7 nitrogen and oxygen atoms in total. The van der Waals surface area contributed by atoms with Gasteiger partial charge in [-0.25, -0.2) is 9.48 Å². The second kappa shape index (κ2) is 8.20. The number of nitrogens with one attached hydrogen (secondary N) is 2. The Morgan fingerprint density at radius 3 is 2.33 bits per heavy atom. The van der Waals surface area contributed by atoms with Gasteiger partial charge in [0.1, 0.15) is 11.4 Å². The minimum Gasteiger partial charge on any atom is -0.382 e. The van der Waals surface area contributed by atoms with E-state index in [1.807, 2.05) is 66.7 Å². The van der Waals surface area contributed by atoms with Gasteiger partial charge in [-0.2, -0.15) is 10.4 Å². The summed E-state index contributed by atoms with van der Waals surface area (Å²) in [4.78, 5) is 12.7. The molecule has 0 saturated heterocycles. The van der Waals surface area contributed by atoms with Crippen LogP contribution in [0, 0.1) is 11.3 Å². The molecule has 4 N–H and O–H groups in total. The van der Waals surface area contributed by atoms with Crippen molar-refractivity contribution in [2.45, 2.75) is 0 Å². The van der Waals surface area contributed by atoms with Crippen molar-refractivity contribution in [2.75, 3.05) is 16.4 Å². The maximum Gasteiger partial charge on any atom is 0.323 e. The summed E-state index contributed by atoms with van der Waals surface area (Å²) in [6.45, 7) is 0. The lowest BCUT2D eigenvalue weighted by Gasteiger charge is -2.09. The third-order valence-corrected chi connectivity index (χ3v) is 4.46. The molecule has 0 unspecified atom stereocenters. The van der Waals surface area contributed by atoms with Crippen LogP contribution in [0.25, 0.3) is 16.9 Å². The molecule has 0 aliphatic heterocycles. The zero-order chi connectivity index (χ0) is 20.9. The van der Waals surface area contributed by atoms with E-state index in [2.05, 4.69) is 15.7 Å². The average Bonchev–Trinajstić information content (AvgIpc) is 3.11. The van der Waals surface area contributed by atoms with E-state index >= 15 is 0 Å². The minimum absolute atomic E-state index is 0.306. The van der Waals surface area contributed by atoms with Crippen molar-refractivity contribution in [3.63, 3.8) is 0 Å². The Bertz CT molecular complexity index is 1230. The zero-order valence-electron chi connectivity index (χ0n) is 15.9. The molecular weight excluding hydrogens is 376 g/mol. The number of amides is 2. The number of hydrogen-bond donors (Lipinski definition) is 3. The Labute approximate surface area is 173 Å². The lowest BCUT2D eigenvalue weighted by atomic mass is 10.1. The number of nitrogen functional groups attached to an aromatic ring is 1. The second-order valence-electron chi connectivity index (χ2n) is 6.49. The van der Waals surface area contributed by atoms with Crippen LogP contribution in [-0.2, 0) is 0 Å². The number of nitriles is 1. The highest BCUT2D eigenvalue weighted by molar-refractivity contribution is 6.04. The number of nitrogens with two attached hydrogens (primary N) is 1. The smallest absolute Gasteiger partial charge is 0.323 e. The van der Waals surface area contributed by atoms with Crippen molar-refractivity contribution in [3.05, 3.63) is 90.5 Å². The second-order valence-corrected chi connectivity index (χ2v) is 6.49. The van der Waals surface area contributed by atoms with Gasteiger partial charge in [-0.15, -0.1) is 0 Å². The number of anilines is 3. The summed E-state index contributed by atoms with van der Waals surface area (Å²) in [5, 5.41) is 19.2. The predicted octanol–water partition coefficient (Wildman–Crippen LogP) is 4.64. The first-order valence-corrected chi connectivity index (χ1v) is 9.23. The average molecular weight is 394 g/mol. The van der Waals surface area contributed by atoms with Crippen molar-refractivity contribution < 1.29 is 4.79 Å². The summed E-state index contributed by atoms with van der Waals surface area (Å²) < 4.78 is 1.59. The zero-order valence-corrected chi connectivity index (χ0v) is 15.9. The Morgan fingerprint density at radius 2 is 1.63 bits per heavy atom. The van der Waals surface area contributed by atoms with Crippen LogP contribution in [0.2, 0.25) is 0 Å². The fraction of sp³-hybridized carbons (Fsp3) is 0. The number of hydrogen-bond acceptors (Lipinski definition) is 4. The summed E-state index contributed by atoms with van der Waals surface area (Å²) in [6.07, 6.45) is 0. The number of carbonyl (C=O) groups excluding carboxylic acids is 1. The quantitative estimate of drug-likeness (QED) is 0.468. The number of carbonyl (C=O) groups is 1. The van der Waals surface area contributed by atoms with E-state index in [9.17, 15) is 4.79 Å². The van der Waals surface area contributed by atoms with Crippen molar-refractivity contribution >= 4 is 23.2 Å².